The third kappa shape index (κ3) is 5.96. The zero-order chi connectivity index (χ0) is 20.6. The van der Waals surface area contributed by atoms with E-state index in [0.29, 0.717) is 29.8 Å². The molecule has 0 saturated heterocycles. The first-order valence-electron chi connectivity index (χ1n) is 9.63. The topological polar surface area (TPSA) is 24.5 Å². The second-order valence-electron chi connectivity index (χ2n) is 6.77. The van der Waals surface area contributed by atoms with Gasteiger partial charge in [-0.15, -0.1) is 0 Å². The number of hydrogen-bond donors (Lipinski definition) is 1. The quantitative estimate of drug-likeness (QED) is 0.440. The zero-order valence-corrected chi connectivity index (χ0v) is 18.3. The van der Waals surface area contributed by atoms with Crippen LogP contribution < -0.4 is 10.1 Å². The zero-order valence-electron chi connectivity index (χ0n) is 16.7. The molecular formula is C24H25ClN2OS. The highest BCUT2D eigenvalue weighted by Crippen LogP contribution is 2.23. The van der Waals surface area contributed by atoms with E-state index in [-0.39, 0.29) is 0 Å². The molecule has 3 rings (SSSR count). The van der Waals surface area contributed by atoms with Gasteiger partial charge in [-0.05, 0) is 61.5 Å². The molecule has 0 saturated carbocycles. The number of aryl methyl sites for hydroxylation is 1. The molecule has 0 aromatic heterocycles. The standard InChI is InChI=1S/C24H25ClN2OS/c1-3-28-23-12-8-7-11-20(23)17-27(16-19-9-5-4-6-10-19)24(29)26-22-14-13-21(25)15-18(22)2/h4-15H,3,16-17H2,1-2H3,(H,26,29). The summed E-state index contributed by atoms with van der Waals surface area (Å²) in [6, 6.07) is 24.2. The predicted octanol–water partition coefficient (Wildman–Crippen LogP) is 6.45. The lowest BCUT2D eigenvalue weighted by Crippen LogP contribution is -2.34. The molecule has 0 aliphatic carbocycles. The Morgan fingerprint density at radius 3 is 2.45 bits per heavy atom. The predicted molar refractivity (Wildman–Crippen MR) is 126 cm³/mol. The first kappa shape index (κ1) is 21.2. The summed E-state index contributed by atoms with van der Waals surface area (Å²) >= 11 is 11.9. The minimum atomic E-state index is 0.627. The van der Waals surface area contributed by atoms with E-state index in [1.165, 1.54) is 5.56 Å². The van der Waals surface area contributed by atoms with Crippen molar-refractivity contribution in [3.63, 3.8) is 0 Å². The van der Waals surface area contributed by atoms with Crippen molar-refractivity contribution in [2.75, 3.05) is 11.9 Å². The van der Waals surface area contributed by atoms with Crippen LogP contribution in [0, 0.1) is 6.92 Å². The van der Waals surface area contributed by atoms with Gasteiger partial charge in [0.1, 0.15) is 5.75 Å². The van der Waals surface area contributed by atoms with E-state index in [0.717, 1.165) is 22.6 Å². The van der Waals surface area contributed by atoms with Gasteiger partial charge in [-0.25, -0.2) is 0 Å². The molecule has 0 atom stereocenters. The first-order chi connectivity index (χ1) is 14.1. The van der Waals surface area contributed by atoms with Gasteiger partial charge in [-0.3, -0.25) is 0 Å². The van der Waals surface area contributed by atoms with Crippen molar-refractivity contribution in [3.8, 4) is 5.75 Å². The van der Waals surface area contributed by atoms with Gasteiger partial charge in [0.25, 0.3) is 0 Å². The SMILES string of the molecule is CCOc1ccccc1CN(Cc1ccccc1)C(=S)Nc1ccc(Cl)cc1C. The van der Waals surface area contributed by atoms with Gasteiger partial charge in [0, 0.05) is 29.4 Å². The van der Waals surface area contributed by atoms with Crippen LogP contribution >= 0.6 is 23.8 Å². The molecule has 0 heterocycles. The molecule has 1 N–H and O–H groups in total. The third-order valence-corrected chi connectivity index (χ3v) is 5.16. The van der Waals surface area contributed by atoms with Crippen LogP contribution in [0.4, 0.5) is 5.69 Å². The molecule has 3 nitrogen and oxygen atoms in total. The Hall–Kier alpha value is -2.56. The average molecular weight is 425 g/mol. The average Bonchev–Trinajstić information content (AvgIpc) is 2.72. The van der Waals surface area contributed by atoms with E-state index in [2.05, 4.69) is 28.4 Å². The van der Waals surface area contributed by atoms with E-state index < -0.39 is 0 Å². The molecule has 0 aliphatic rings. The van der Waals surface area contributed by atoms with Crippen LogP contribution in [0.5, 0.6) is 5.75 Å². The molecule has 0 spiro atoms. The van der Waals surface area contributed by atoms with Crippen LogP contribution in [0.2, 0.25) is 5.02 Å². The van der Waals surface area contributed by atoms with E-state index in [1.807, 2.05) is 68.4 Å². The molecule has 0 aliphatic heterocycles. The molecule has 0 amide bonds. The Labute approximate surface area is 183 Å². The number of benzene rings is 3. The van der Waals surface area contributed by atoms with Gasteiger partial charge in [-0.2, -0.15) is 0 Å². The second-order valence-corrected chi connectivity index (χ2v) is 7.59. The Bertz CT molecular complexity index is 962. The minimum absolute atomic E-state index is 0.627. The molecule has 3 aromatic rings. The smallest absolute Gasteiger partial charge is 0.174 e. The number of nitrogens with one attached hydrogen (secondary N) is 1. The molecule has 0 fully saturated rings. The maximum atomic E-state index is 6.09. The van der Waals surface area contributed by atoms with Crippen molar-refractivity contribution >= 4 is 34.6 Å². The van der Waals surface area contributed by atoms with Crippen molar-refractivity contribution in [1.82, 2.24) is 4.90 Å². The molecule has 150 valence electrons. The van der Waals surface area contributed by atoms with E-state index >= 15 is 0 Å². The summed E-state index contributed by atoms with van der Waals surface area (Å²) in [5.74, 6) is 0.888. The fourth-order valence-corrected chi connectivity index (χ4v) is 3.57. The van der Waals surface area contributed by atoms with Crippen LogP contribution in [-0.2, 0) is 13.1 Å². The monoisotopic (exact) mass is 424 g/mol. The molecule has 0 radical (unpaired) electrons. The van der Waals surface area contributed by atoms with Crippen LogP contribution in [-0.4, -0.2) is 16.6 Å². The summed E-state index contributed by atoms with van der Waals surface area (Å²) in [6.07, 6.45) is 0. The van der Waals surface area contributed by atoms with Crippen LogP contribution in [0.3, 0.4) is 0 Å². The van der Waals surface area contributed by atoms with Crippen molar-refractivity contribution in [2.45, 2.75) is 26.9 Å². The van der Waals surface area contributed by atoms with Crippen molar-refractivity contribution in [3.05, 3.63) is 94.5 Å². The number of halogens is 1. The highest BCUT2D eigenvalue weighted by Gasteiger charge is 2.15. The van der Waals surface area contributed by atoms with Crippen molar-refractivity contribution in [1.29, 1.82) is 0 Å². The van der Waals surface area contributed by atoms with E-state index in [9.17, 15) is 0 Å². The highest BCUT2D eigenvalue weighted by atomic mass is 35.5. The Morgan fingerprint density at radius 1 is 1.00 bits per heavy atom. The summed E-state index contributed by atoms with van der Waals surface area (Å²) < 4.78 is 5.81. The van der Waals surface area contributed by atoms with Crippen molar-refractivity contribution in [2.24, 2.45) is 0 Å². The molecule has 3 aromatic carbocycles. The number of thiocarbonyl (C=S) groups is 1. The summed E-state index contributed by atoms with van der Waals surface area (Å²) in [5.41, 5.74) is 4.30. The number of ether oxygens (including phenoxy) is 1. The number of para-hydroxylation sites is 1. The van der Waals surface area contributed by atoms with Gasteiger partial charge in [0.05, 0.1) is 6.61 Å². The lowest BCUT2D eigenvalue weighted by molar-refractivity contribution is 0.327. The summed E-state index contributed by atoms with van der Waals surface area (Å²) in [7, 11) is 0. The molecular weight excluding hydrogens is 400 g/mol. The lowest BCUT2D eigenvalue weighted by Gasteiger charge is -2.27. The highest BCUT2D eigenvalue weighted by molar-refractivity contribution is 7.80. The van der Waals surface area contributed by atoms with Crippen molar-refractivity contribution < 1.29 is 4.74 Å². The molecule has 0 bridgehead atoms. The fraction of sp³-hybridized carbons (Fsp3) is 0.208. The minimum Gasteiger partial charge on any atom is -0.494 e. The number of rotatable bonds is 7. The van der Waals surface area contributed by atoms with Gasteiger partial charge in [0.2, 0.25) is 0 Å². The van der Waals surface area contributed by atoms with Gasteiger partial charge >= 0.3 is 0 Å². The Balaban J connectivity index is 1.85. The van der Waals surface area contributed by atoms with Gasteiger partial charge in [0.15, 0.2) is 5.11 Å². The fourth-order valence-electron chi connectivity index (χ4n) is 3.10. The molecule has 0 unspecified atom stereocenters. The Morgan fingerprint density at radius 2 is 1.72 bits per heavy atom. The second kappa shape index (κ2) is 10.3. The maximum absolute atomic E-state index is 6.09. The van der Waals surface area contributed by atoms with E-state index in [1.54, 1.807) is 0 Å². The first-order valence-corrected chi connectivity index (χ1v) is 10.4. The molecule has 5 heteroatoms. The van der Waals surface area contributed by atoms with Crippen LogP contribution in [0.15, 0.2) is 72.8 Å². The normalized spacial score (nSPS) is 10.4. The number of anilines is 1. The lowest BCUT2D eigenvalue weighted by atomic mass is 10.1. The summed E-state index contributed by atoms with van der Waals surface area (Å²) in [6.45, 7) is 5.97. The van der Waals surface area contributed by atoms with Crippen LogP contribution in [0.1, 0.15) is 23.6 Å². The summed E-state index contributed by atoms with van der Waals surface area (Å²) in [4.78, 5) is 2.15. The van der Waals surface area contributed by atoms with E-state index in [4.69, 9.17) is 28.6 Å². The number of hydrogen-bond acceptors (Lipinski definition) is 2. The number of nitrogens with zero attached hydrogens (tertiary/aromatic N) is 1. The largest absolute Gasteiger partial charge is 0.494 e. The van der Waals surface area contributed by atoms with Gasteiger partial charge < -0.3 is 15.0 Å². The maximum Gasteiger partial charge on any atom is 0.174 e. The third-order valence-electron chi connectivity index (χ3n) is 4.57. The molecule has 29 heavy (non-hydrogen) atoms. The van der Waals surface area contributed by atoms with Gasteiger partial charge in [-0.1, -0.05) is 60.1 Å². The van der Waals surface area contributed by atoms with Crippen LogP contribution in [0.25, 0.3) is 0 Å². The summed E-state index contributed by atoms with van der Waals surface area (Å²) in [5, 5.41) is 4.76. The Kier molecular flexibility index (Phi) is 7.50.